The summed E-state index contributed by atoms with van der Waals surface area (Å²) in [6.45, 7) is -0.155. The molecular weight excluding hydrogens is 402 g/mol. The van der Waals surface area contributed by atoms with Crippen LogP contribution in [0.4, 0.5) is 0 Å². The molecule has 0 fully saturated rings. The van der Waals surface area contributed by atoms with Gasteiger partial charge in [0.05, 0.1) is 27.0 Å². The van der Waals surface area contributed by atoms with E-state index in [1.54, 1.807) is 42.5 Å². The highest BCUT2D eigenvalue weighted by molar-refractivity contribution is 6.06. The summed E-state index contributed by atoms with van der Waals surface area (Å²) in [5.41, 5.74) is 1.10. The smallest absolute Gasteiger partial charge is 0.357 e. The molecule has 0 aliphatic rings. The maximum absolute atomic E-state index is 12.7. The Hall–Kier alpha value is -4.32. The van der Waals surface area contributed by atoms with Gasteiger partial charge in [-0.1, -0.05) is 18.2 Å². The largest absolute Gasteiger partial charge is 0.493 e. The topological polar surface area (TPSA) is 113 Å². The van der Waals surface area contributed by atoms with E-state index in [0.717, 1.165) is 0 Å². The van der Waals surface area contributed by atoms with Gasteiger partial charge < -0.3 is 18.9 Å². The highest BCUT2D eigenvalue weighted by Gasteiger charge is 2.31. The molecule has 0 unspecified atom stereocenters. The Bertz CT molecular complexity index is 1150. The van der Waals surface area contributed by atoms with Crippen LogP contribution in [-0.4, -0.2) is 49.7 Å². The Morgan fingerprint density at radius 3 is 2.32 bits per heavy atom. The Morgan fingerprint density at radius 2 is 1.71 bits per heavy atom. The van der Waals surface area contributed by atoms with Gasteiger partial charge in [0.15, 0.2) is 23.8 Å². The molecule has 1 aromatic heterocycles. The van der Waals surface area contributed by atoms with Gasteiger partial charge in [-0.2, -0.15) is 10.4 Å². The summed E-state index contributed by atoms with van der Waals surface area (Å²) in [5, 5.41) is 13.3. The molecule has 3 rings (SSSR count). The summed E-state index contributed by atoms with van der Waals surface area (Å²) in [6.07, 6.45) is 0. The van der Waals surface area contributed by atoms with Gasteiger partial charge in [0, 0.05) is 5.56 Å². The number of hydrogen-bond donors (Lipinski definition) is 0. The number of aromatic nitrogens is 2. The maximum atomic E-state index is 12.7. The van der Waals surface area contributed by atoms with E-state index in [0.29, 0.717) is 22.7 Å². The van der Waals surface area contributed by atoms with Gasteiger partial charge in [0.25, 0.3) is 0 Å². The van der Waals surface area contributed by atoms with Gasteiger partial charge in [-0.15, -0.1) is 0 Å². The normalized spacial score (nSPS) is 10.1. The maximum Gasteiger partial charge on any atom is 0.357 e. The molecule has 0 atom stereocenters. The molecular formula is C22H19N3O6. The minimum atomic E-state index is -0.749. The van der Waals surface area contributed by atoms with Crippen LogP contribution in [0.3, 0.4) is 0 Å². The van der Waals surface area contributed by atoms with Gasteiger partial charge in [-0.25, -0.2) is 14.3 Å². The van der Waals surface area contributed by atoms with E-state index < -0.39 is 11.9 Å². The second-order valence-corrected chi connectivity index (χ2v) is 6.12. The molecule has 0 spiro atoms. The Balaban J connectivity index is 2.27. The first-order valence-corrected chi connectivity index (χ1v) is 9.08. The summed E-state index contributed by atoms with van der Waals surface area (Å²) < 4.78 is 21.9. The number of para-hydroxylation sites is 1. The lowest BCUT2D eigenvalue weighted by Gasteiger charge is -2.10. The van der Waals surface area contributed by atoms with Crippen LogP contribution < -0.4 is 9.47 Å². The molecule has 0 saturated heterocycles. The van der Waals surface area contributed by atoms with Gasteiger partial charge in [0.2, 0.25) is 0 Å². The number of methoxy groups -OCH3 is 3. The van der Waals surface area contributed by atoms with E-state index in [1.807, 2.05) is 12.1 Å². The lowest BCUT2D eigenvalue weighted by Crippen LogP contribution is -2.15. The van der Waals surface area contributed by atoms with Crippen LogP contribution >= 0.6 is 0 Å². The molecule has 0 bridgehead atoms. The Kier molecular flexibility index (Phi) is 6.52. The molecule has 158 valence electrons. The fourth-order valence-corrected chi connectivity index (χ4v) is 3.00. The van der Waals surface area contributed by atoms with E-state index >= 15 is 0 Å². The zero-order valence-electron chi connectivity index (χ0n) is 17.1. The van der Waals surface area contributed by atoms with E-state index in [9.17, 15) is 9.59 Å². The third kappa shape index (κ3) is 4.18. The quantitative estimate of drug-likeness (QED) is 0.535. The Morgan fingerprint density at radius 1 is 1.00 bits per heavy atom. The van der Waals surface area contributed by atoms with Crippen LogP contribution in [-0.2, 0) is 9.47 Å². The average Bonchev–Trinajstić information content (AvgIpc) is 3.22. The summed E-state index contributed by atoms with van der Waals surface area (Å²) in [7, 11) is 3.88. The van der Waals surface area contributed by atoms with Crippen molar-refractivity contribution in [3.05, 3.63) is 59.8 Å². The number of nitrogens with zero attached hydrogens (tertiary/aromatic N) is 3. The Labute approximate surface area is 178 Å². The summed E-state index contributed by atoms with van der Waals surface area (Å²) >= 11 is 0. The van der Waals surface area contributed by atoms with Crippen molar-refractivity contribution in [2.75, 3.05) is 27.9 Å². The first-order chi connectivity index (χ1) is 15.0. The van der Waals surface area contributed by atoms with Gasteiger partial charge in [-0.3, -0.25) is 0 Å². The van der Waals surface area contributed by atoms with Crippen molar-refractivity contribution in [2.24, 2.45) is 0 Å². The van der Waals surface area contributed by atoms with E-state index in [2.05, 4.69) is 5.10 Å². The van der Waals surface area contributed by atoms with Crippen LogP contribution in [0.2, 0.25) is 0 Å². The minimum absolute atomic E-state index is 0.0500. The number of benzene rings is 2. The number of carbonyl (C=O) groups is 2. The van der Waals surface area contributed by atoms with E-state index in [4.69, 9.17) is 24.2 Å². The molecule has 0 saturated carbocycles. The lowest BCUT2D eigenvalue weighted by atomic mass is 10.0. The van der Waals surface area contributed by atoms with Crippen LogP contribution in [0.15, 0.2) is 48.5 Å². The molecule has 0 aliphatic carbocycles. The van der Waals surface area contributed by atoms with Crippen LogP contribution in [0.25, 0.3) is 16.9 Å². The number of esters is 2. The molecule has 3 aromatic rings. The molecule has 9 heteroatoms. The number of ether oxygens (including phenoxy) is 4. The van der Waals surface area contributed by atoms with Gasteiger partial charge in [-0.05, 0) is 30.3 Å². The van der Waals surface area contributed by atoms with Gasteiger partial charge >= 0.3 is 11.9 Å². The zero-order valence-corrected chi connectivity index (χ0v) is 17.1. The molecule has 0 radical (unpaired) electrons. The third-order valence-corrected chi connectivity index (χ3v) is 4.38. The van der Waals surface area contributed by atoms with Gasteiger partial charge in [0.1, 0.15) is 17.3 Å². The van der Waals surface area contributed by atoms with Crippen LogP contribution in [0.1, 0.15) is 20.8 Å². The zero-order chi connectivity index (χ0) is 22.4. The van der Waals surface area contributed by atoms with Crippen molar-refractivity contribution >= 4 is 11.9 Å². The number of rotatable bonds is 7. The molecule has 9 nitrogen and oxygen atoms in total. The third-order valence-electron chi connectivity index (χ3n) is 4.38. The highest BCUT2D eigenvalue weighted by Crippen LogP contribution is 2.35. The second kappa shape index (κ2) is 9.45. The summed E-state index contributed by atoms with van der Waals surface area (Å²) in [4.78, 5) is 25.3. The lowest BCUT2D eigenvalue weighted by molar-refractivity contribution is 0.0549. The second-order valence-electron chi connectivity index (χ2n) is 6.12. The molecule has 0 N–H and O–H groups in total. The van der Waals surface area contributed by atoms with Crippen LogP contribution in [0, 0.1) is 11.3 Å². The van der Waals surface area contributed by atoms with Crippen molar-refractivity contribution in [2.45, 2.75) is 0 Å². The van der Waals surface area contributed by atoms with E-state index in [1.165, 1.54) is 26.0 Å². The molecule has 2 aromatic carbocycles. The summed E-state index contributed by atoms with van der Waals surface area (Å²) in [5.74, 6) is -0.814. The predicted octanol–water partition coefficient (Wildman–Crippen LogP) is 3.02. The van der Waals surface area contributed by atoms with Crippen molar-refractivity contribution < 1.29 is 28.5 Å². The number of hydrogen-bond acceptors (Lipinski definition) is 8. The van der Waals surface area contributed by atoms with Crippen molar-refractivity contribution in [1.29, 1.82) is 5.26 Å². The SMILES string of the molecule is COC(=O)c1c(-c2ccc(OCC#N)c(OC)c2)nn(-c2ccccc2)c1C(=O)OC. The average molecular weight is 421 g/mol. The van der Waals surface area contributed by atoms with Crippen molar-refractivity contribution in [3.63, 3.8) is 0 Å². The molecule has 0 aliphatic heterocycles. The number of nitriles is 1. The first-order valence-electron chi connectivity index (χ1n) is 9.08. The highest BCUT2D eigenvalue weighted by atomic mass is 16.5. The van der Waals surface area contributed by atoms with Crippen molar-refractivity contribution in [3.8, 4) is 34.5 Å². The minimum Gasteiger partial charge on any atom is -0.493 e. The van der Waals surface area contributed by atoms with Crippen molar-refractivity contribution in [1.82, 2.24) is 9.78 Å². The monoisotopic (exact) mass is 421 g/mol. The fourth-order valence-electron chi connectivity index (χ4n) is 3.00. The van der Waals surface area contributed by atoms with Crippen LogP contribution in [0.5, 0.6) is 11.5 Å². The molecule has 1 heterocycles. The number of carbonyl (C=O) groups excluding carboxylic acids is 2. The molecule has 31 heavy (non-hydrogen) atoms. The first kappa shape index (κ1) is 21.4. The molecule has 0 amide bonds. The van der Waals surface area contributed by atoms with E-state index in [-0.39, 0.29) is 23.6 Å². The predicted molar refractivity (Wildman–Crippen MR) is 109 cm³/mol. The standard InChI is InChI=1S/C22H19N3O6/c1-28-17-13-14(9-10-16(17)31-12-11-23)19-18(21(26)29-2)20(22(27)30-3)25(24-19)15-7-5-4-6-8-15/h4-10,13H,12H2,1-3H3. The fraction of sp³-hybridized carbons (Fsp3) is 0.182. The summed E-state index contributed by atoms with van der Waals surface area (Å²) in [6, 6.07) is 15.6.